The number of amides is 1. The second kappa shape index (κ2) is 8.92. The number of anilines is 2. The first kappa shape index (κ1) is 23.5. The fourth-order valence-corrected chi connectivity index (χ4v) is 4.42. The van der Waals surface area contributed by atoms with Crippen LogP contribution in [0.4, 0.5) is 24.8 Å². The number of carbonyl (C=O) groups is 1. The monoisotopic (exact) mass is 465 g/mol. The molecule has 4 rings (SSSR count). The Balaban J connectivity index is 1.49. The molecule has 180 valence electrons. The third-order valence-electron chi connectivity index (χ3n) is 6.05. The molecule has 0 atom stereocenters. The maximum absolute atomic E-state index is 13.4. The molecule has 2 aromatic rings. The smallest absolute Gasteiger partial charge is 0.356 e. The molecule has 1 amide bonds. The van der Waals surface area contributed by atoms with Crippen LogP contribution in [-0.2, 0) is 23.9 Å². The first-order valence-electron chi connectivity index (χ1n) is 11.3. The zero-order chi connectivity index (χ0) is 23.8. The predicted octanol–water partition coefficient (Wildman–Crippen LogP) is 3.35. The van der Waals surface area contributed by atoms with Crippen molar-refractivity contribution in [3.8, 4) is 0 Å². The van der Waals surface area contributed by atoms with Gasteiger partial charge in [-0.1, -0.05) is 0 Å². The Morgan fingerprint density at radius 3 is 2.55 bits per heavy atom. The molecule has 0 radical (unpaired) electrons. The summed E-state index contributed by atoms with van der Waals surface area (Å²) < 4.78 is 41.8. The minimum atomic E-state index is -4.47. The van der Waals surface area contributed by atoms with Gasteiger partial charge >= 0.3 is 6.18 Å². The summed E-state index contributed by atoms with van der Waals surface area (Å²) in [6.45, 7) is 8.35. The molecular weight excluding hydrogens is 435 g/mol. The van der Waals surface area contributed by atoms with Gasteiger partial charge in [0.1, 0.15) is 23.8 Å². The van der Waals surface area contributed by atoms with Crippen LogP contribution < -0.4 is 15.5 Å². The van der Waals surface area contributed by atoms with Crippen LogP contribution in [0.5, 0.6) is 0 Å². The summed E-state index contributed by atoms with van der Waals surface area (Å²) in [5.74, 6) is 1.72. The average molecular weight is 466 g/mol. The van der Waals surface area contributed by atoms with E-state index >= 15 is 0 Å². The molecule has 0 saturated carbocycles. The van der Waals surface area contributed by atoms with E-state index in [2.05, 4.69) is 30.5 Å². The van der Waals surface area contributed by atoms with Crippen molar-refractivity contribution < 1.29 is 18.0 Å². The first-order valence-corrected chi connectivity index (χ1v) is 11.3. The highest BCUT2D eigenvalue weighted by atomic mass is 19.4. The van der Waals surface area contributed by atoms with E-state index in [1.807, 2.05) is 20.8 Å². The Morgan fingerprint density at radius 2 is 1.88 bits per heavy atom. The van der Waals surface area contributed by atoms with Crippen LogP contribution in [0.25, 0.3) is 0 Å². The molecule has 33 heavy (non-hydrogen) atoms. The number of halogens is 3. The average Bonchev–Trinajstić information content (AvgIpc) is 3.17. The first-order chi connectivity index (χ1) is 15.5. The molecule has 2 aliphatic heterocycles. The van der Waals surface area contributed by atoms with E-state index in [-0.39, 0.29) is 17.4 Å². The van der Waals surface area contributed by atoms with E-state index in [0.717, 1.165) is 17.6 Å². The molecule has 2 N–H and O–H groups in total. The highest BCUT2D eigenvalue weighted by molar-refractivity contribution is 5.93. The summed E-state index contributed by atoms with van der Waals surface area (Å²) in [6.07, 6.45) is 0.425. The molecule has 1 saturated heterocycles. The number of fused-ring (bicyclic) bond motifs is 1. The molecule has 0 aliphatic carbocycles. The Bertz CT molecular complexity index is 1000. The Hall–Kier alpha value is -2.69. The van der Waals surface area contributed by atoms with Crippen molar-refractivity contribution in [3.05, 3.63) is 29.6 Å². The zero-order valence-corrected chi connectivity index (χ0v) is 19.2. The molecule has 11 heteroatoms. The number of nitrogens with one attached hydrogen (secondary N) is 2. The molecular formula is C22H30F3N7O. The second-order valence-electron chi connectivity index (χ2n) is 9.69. The summed E-state index contributed by atoms with van der Waals surface area (Å²) in [5.41, 5.74) is -0.0318. The lowest BCUT2D eigenvalue weighted by Crippen LogP contribution is -2.38. The predicted molar refractivity (Wildman–Crippen MR) is 118 cm³/mol. The topological polar surface area (TPSA) is 88.0 Å². The number of rotatable bonds is 5. The van der Waals surface area contributed by atoms with Gasteiger partial charge in [-0.25, -0.2) is 15.0 Å². The molecule has 2 aliphatic rings. The Kier molecular flexibility index (Phi) is 6.35. The molecule has 0 aromatic carbocycles. The van der Waals surface area contributed by atoms with Crippen molar-refractivity contribution in [3.63, 3.8) is 0 Å². The molecule has 0 unspecified atom stereocenters. The molecule has 2 aromatic heterocycles. The largest absolute Gasteiger partial charge is 0.434 e. The summed E-state index contributed by atoms with van der Waals surface area (Å²) in [5, 5.41) is 6.11. The summed E-state index contributed by atoms with van der Waals surface area (Å²) >= 11 is 0. The molecule has 4 heterocycles. The van der Waals surface area contributed by atoms with E-state index in [0.29, 0.717) is 63.5 Å². The van der Waals surface area contributed by atoms with Crippen LogP contribution in [-0.4, -0.2) is 50.6 Å². The van der Waals surface area contributed by atoms with E-state index in [1.54, 1.807) is 4.57 Å². The number of nitrogens with zero attached hydrogens (tertiary/aromatic N) is 5. The fraction of sp³-hybridized carbons (Fsp3) is 0.636. The SMILES string of the molecule is CC(C)(C)NCCn1cc(C(F)(F)F)nc1C1CCN(c2ncnc3c2CCC(=O)N3)CC1. The zero-order valence-electron chi connectivity index (χ0n) is 19.2. The van der Waals surface area contributed by atoms with Crippen molar-refractivity contribution in [1.82, 2.24) is 24.8 Å². The Morgan fingerprint density at radius 1 is 1.15 bits per heavy atom. The fourth-order valence-electron chi connectivity index (χ4n) is 4.42. The highest BCUT2D eigenvalue weighted by Gasteiger charge is 2.36. The summed E-state index contributed by atoms with van der Waals surface area (Å²) in [7, 11) is 0. The maximum Gasteiger partial charge on any atom is 0.434 e. The number of hydrogen-bond donors (Lipinski definition) is 2. The number of imidazole rings is 1. The van der Waals surface area contributed by atoms with Gasteiger partial charge in [-0.2, -0.15) is 13.2 Å². The minimum Gasteiger partial charge on any atom is -0.356 e. The van der Waals surface area contributed by atoms with Gasteiger partial charge in [0.25, 0.3) is 0 Å². The molecule has 0 bridgehead atoms. The van der Waals surface area contributed by atoms with E-state index in [9.17, 15) is 18.0 Å². The standard InChI is InChI=1S/C22H30F3N7O/c1-21(2,3)28-8-11-32-12-16(22(23,24)25)29-19(32)14-6-9-31(10-7-14)20-15-4-5-17(33)30-18(15)26-13-27-20/h12-14,28H,4-11H2,1-3H3,(H,26,27,30,33). The Labute approximate surface area is 191 Å². The van der Waals surface area contributed by atoms with Crippen LogP contribution in [0.2, 0.25) is 0 Å². The lowest BCUT2D eigenvalue weighted by atomic mass is 9.95. The van der Waals surface area contributed by atoms with Crippen LogP contribution in [0, 0.1) is 0 Å². The van der Waals surface area contributed by atoms with Crippen LogP contribution in [0.15, 0.2) is 12.5 Å². The number of alkyl halides is 3. The third kappa shape index (κ3) is 5.45. The van der Waals surface area contributed by atoms with Gasteiger partial charge < -0.3 is 20.1 Å². The van der Waals surface area contributed by atoms with Crippen molar-refractivity contribution in [2.75, 3.05) is 29.9 Å². The number of hydrogen-bond acceptors (Lipinski definition) is 6. The van der Waals surface area contributed by atoms with E-state index < -0.39 is 11.9 Å². The van der Waals surface area contributed by atoms with Crippen LogP contribution in [0.1, 0.15) is 63.0 Å². The molecule has 1 fully saturated rings. The number of piperidine rings is 1. The van der Waals surface area contributed by atoms with Gasteiger partial charge in [0.2, 0.25) is 5.91 Å². The summed E-state index contributed by atoms with van der Waals surface area (Å²) in [4.78, 5) is 26.4. The van der Waals surface area contributed by atoms with Crippen molar-refractivity contribution in [2.45, 2.75) is 70.6 Å². The van der Waals surface area contributed by atoms with E-state index in [1.165, 1.54) is 6.33 Å². The van der Waals surface area contributed by atoms with Gasteiger partial charge in [-0.05, 0) is 40.0 Å². The highest BCUT2D eigenvalue weighted by Crippen LogP contribution is 2.36. The normalized spacial score (nSPS) is 17.8. The maximum atomic E-state index is 13.4. The van der Waals surface area contributed by atoms with Crippen LogP contribution in [0.3, 0.4) is 0 Å². The third-order valence-corrected chi connectivity index (χ3v) is 6.05. The molecule has 8 nitrogen and oxygen atoms in total. The summed E-state index contributed by atoms with van der Waals surface area (Å²) in [6, 6.07) is 0. The van der Waals surface area contributed by atoms with Crippen molar-refractivity contribution in [2.24, 2.45) is 0 Å². The quantitative estimate of drug-likeness (QED) is 0.704. The van der Waals surface area contributed by atoms with Crippen LogP contribution >= 0.6 is 0 Å². The van der Waals surface area contributed by atoms with Gasteiger partial charge in [0.15, 0.2) is 5.69 Å². The number of aromatic nitrogens is 4. The van der Waals surface area contributed by atoms with Gasteiger partial charge in [-0.15, -0.1) is 0 Å². The van der Waals surface area contributed by atoms with E-state index in [4.69, 9.17) is 0 Å². The number of carbonyl (C=O) groups excluding carboxylic acids is 1. The van der Waals surface area contributed by atoms with Gasteiger partial charge in [-0.3, -0.25) is 4.79 Å². The lowest BCUT2D eigenvalue weighted by molar-refractivity contribution is -0.141. The van der Waals surface area contributed by atoms with Gasteiger partial charge in [0, 0.05) is 55.8 Å². The minimum absolute atomic E-state index is 0.0564. The van der Waals surface area contributed by atoms with Gasteiger partial charge in [0.05, 0.1) is 0 Å². The molecule has 0 spiro atoms. The second-order valence-corrected chi connectivity index (χ2v) is 9.69. The van der Waals surface area contributed by atoms with Crippen molar-refractivity contribution in [1.29, 1.82) is 0 Å². The van der Waals surface area contributed by atoms with Crippen molar-refractivity contribution >= 4 is 17.5 Å². The lowest BCUT2D eigenvalue weighted by Gasteiger charge is -2.34.